The van der Waals surface area contributed by atoms with Crippen molar-refractivity contribution in [2.75, 3.05) is 0 Å². The first-order valence-electron chi connectivity index (χ1n) is 5.27. The molecule has 0 saturated carbocycles. The Morgan fingerprint density at radius 1 is 1.41 bits per heavy atom. The Labute approximate surface area is 108 Å². The topological polar surface area (TPSA) is 43.1 Å². The first-order chi connectivity index (χ1) is 8.06. The van der Waals surface area contributed by atoms with E-state index in [0.29, 0.717) is 17.7 Å². The minimum Gasteiger partial charge on any atom is -0.466 e. The molecule has 4 heteroatoms. The van der Waals surface area contributed by atoms with Crippen molar-refractivity contribution in [1.82, 2.24) is 4.98 Å². The molecule has 17 heavy (non-hydrogen) atoms. The Balaban J connectivity index is 2.17. The van der Waals surface area contributed by atoms with E-state index in [1.807, 2.05) is 19.1 Å². The summed E-state index contributed by atoms with van der Waals surface area (Å²) in [6, 6.07) is 5.49. The minimum absolute atomic E-state index is 0.0363. The van der Waals surface area contributed by atoms with Gasteiger partial charge in [0.2, 0.25) is 0 Å². The Morgan fingerprint density at radius 2 is 2.18 bits per heavy atom. The quantitative estimate of drug-likeness (QED) is 0.814. The first-order valence-corrected chi connectivity index (χ1v) is 6.06. The van der Waals surface area contributed by atoms with Gasteiger partial charge in [-0.3, -0.25) is 9.78 Å². The normalized spacial score (nSPS) is 10.5. The molecule has 3 nitrogen and oxygen atoms in total. The van der Waals surface area contributed by atoms with E-state index in [4.69, 9.17) is 4.42 Å². The van der Waals surface area contributed by atoms with Crippen molar-refractivity contribution in [2.24, 2.45) is 0 Å². The summed E-state index contributed by atoms with van der Waals surface area (Å²) in [5.74, 6) is 1.47. The van der Waals surface area contributed by atoms with Crippen molar-refractivity contribution in [3.63, 3.8) is 0 Å². The number of hydrogen-bond donors (Lipinski definition) is 0. The van der Waals surface area contributed by atoms with E-state index >= 15 is 0 Å². The third-order valence-electron chi connectivity index (χ3n) is 2.47. The van der Waals surface area contributed by atoms with Crippen molar-refractivity contribution in [3.05, 3.63) is 51.6 Å². The summed E-state index contributed by atoms with van der Waals surface area (Å²) < 4.78 is 6.25. The molecule has 0 unspecified atom stereocenters. The molecular weight excluding hydrogens is 282 g/mol. The Kier molecular flexibility index (Phi) is 3.43. The van der Waals surface area contributed by atoms with Gasteiger partial charge in [-0.15, -0.1) is 0 Å². The fourth-order valence-electron chi connectivity index (χ4n) is 1.68. The Morgan fingerprint density at radius 3 is 2.71 bits per heavy atom. The van der Waals surface area contributed by atoms with Gasteiger partial charge in [0.1, 0.15) is 11.5 Å². The maximum Gasteiger partial charge on any atom is 0.172 e. The summed E-state index contributed by atoms with van der Waals surface area (Å²) >= 11 is 3.31. The molecule has 0 N–H and O–H groups in total. The second-order valence-corrected chi connectivity index (χ2v) is 4.81. The molecule has 0 amide bonds. The van der Waals surface area contributed by atoms with Gasteiger partial charge < -0.3 is 4.42 Å². The molecule has 0 radical (unpaired) electrons. The molecule has 0 saturated heterocycles. The molecule has 0 fully saturated rings. The van der Waals surface area contributed by atoms with Gasteiger partial charge in [0, 0.05) is 16.4 Å². The molecule has 2 aromatic rings. The number of aryl methyl sites for hydroxylation is 2. The molecule has 0 aliphatic carbocycles. The molecule has 0 aliphatic heterocycles. The monoisotopic (exact) mass is 293 g/mol. The molecule has 2 aromatic heterocycles. The van der Waals surface area contributed by atoms with Gasteiger partial charge >= 0.3 is 0 Å². The lowest BCUT2D eigenvalue weighted by Crippen LogP contribution is -2.05. The smallest absolute Gasteiger partial charge is 0.172 e. The number of nitrogens with zero attached hydrogens (tertiary/aromatic N) is 1. The second kappa shape index (κ2) is 4.84. The number of carbonyl (C=O) groups excluding carboxylic acids is 1. The molecular formula is C13H12BrNO2. The van der Waals surface area contributed by atoms with E-state index in [0.717, 1.165) is 15.9 Å². The Hall–Kier alpha value is -1.42. The number of furan rings is 1. The lowest BCUT2D eigenvalue weighted by atomic mass is 10.1. The number of carbonyl (C=O) groups is 1. The van der Waals surface area contributed by atoms with E-state index in [9.17, 15) is 4.79 Å². The zero-order valence-corrected chi connectivity index (χ0v) is 11.2. The van der Waals surface area contributed by atoms with Crippen molar-refractivity contribution in [3.8, 4) is 0 Å². The second-order valence-electron chi connectivity index (χ2n) is 3.89. The van der Waals surface area contributed by atoms with Gasteiger partial charge in [-0.1, -0.05) is 0 Å². The van der Waals surface area contributed by atoms with Gasteiger partial charge in [0.25, 0.3) is 0 Å². The van der Waals surface area contributed by atoms with E-state index in [2.05, 4.69) is 20.9 Å². The number of ketones is 1. The van der Waals surface area contributed by atoms with Crippen LogP contribution in [-0.4, -0.2) is 10.8 Å². The van der Waals surface area contributed by atoms with Crippen LogP contribution in [0.4, 0.5) is 0 Å². The van der Waals surface area contributed by atoms with Crippen LogP contribution in [-0.2, 0) is 6.42 Å². The number of rotatable bonds is 3. The summed E-state index contributed by atoms with van der Waals surface area (Å²) in [6.07, 6.45) is 1.99. The van der Waals surface area contributed by atoms with Gasteiger partial charge in [0.15, 0.2) is 5.78 Å². The maximum absolute atomic E-state index is 12.0. The molecule has 0 atom stereocenters. The highest BCUT2D eigenvalue weighted by Crippen LogP contribution is 2.16. The van der Waals surface area contributed by atoms with Crippen molar-refractivity contribution in [1.29, 1.82) is 0 Å². The van der Waals surface area contributed by atoms with Crippen molar-refractivity contribution < 1.29 is 9.21 Å². The van der Waals surface area contributed by atoms with Crippen LogP contribution in [0.15, 0.2) is 33.3 Å². The van der Waals surface area contributed by atoms with Crippen LogP contribution in [0.1, 0.15) is 27.6 Å². The van der Waals surface area contributed by atoms with Crippen LogP contribution in [0.2, 0.25) is 0 Å². The number of halogens is 1. The summed E-state index contributed by atoms with van der Waals surface area (Å²) in [7, 11) is 0. The predicted octanol–water partition coefficient (Wildman–Crippen LogP) is 3.48. The zero-order valence-electron chi connectivity index (χ0n) is 9.66. The highest BCUT2D eigenvalue weighted by Gasteiger charge is 2.14. The molecule has 0 aromatic carbocycles. The van der Waals surface area contributed by atoms with Gasteiger partial charge in [-0.25, -0.2) is 0 Å². The highest BCUT2D eigenvalue weighted by molar-refractivity contribution is 9.10. The minimum atomic E-state index is 0.0363. The maximum atomic E-state index is 12.0. The third kappa shape index (κ3) is 2.82. The van der Waals surface area contributed by atoms with Crippen LogP contribution in [0.5, 0.6) is 0 Å². The fourth-order valence-corrected chi connectivity index (χ4v) is 1.91. The fraction of sp³-hybridized carbons (Fsp3) is 0.231. The first kappa shape index (κ1) is 12.0. The van der Waals surface area contributed by atoms with Gasteiger partial charge in [0.05, 0.1) is 12.0 Å². The lowest BCUT2D eigenvalue weighted by molar-refractivity contribution is 0.0990. The molecule has 0 bridgehead atoms. The summed E-state index contributed by atoms with van der Waals surface area (Å²) in [4.78, 5) is 16.2. The van der Waals surface area contributed by atoms with E-state index < -0.39 is 0 Å². The average molecular weight is 294 g/mol. The van der Waals surface area contributed by atoms with Crippen LogP contribution in [0.3, 0.4) is 0 Å². The van der Waals surface area contributed by atoms with Crippen LogP contribution in [0, 0.1) is 13.8 Å². The van der Waals surface area contributed by atoms with Crippen LogP contribution >= 0.6 is 15.9 Å². The average Bonchev–Trinajstić information content (AvgIpc) is 2.61. The molecule has 0 spiro atoms. The lowest BCUT2D eigenvalue weighted by Gasteiger charge is -1.99. The summed E-state index contributed by atoms with van der Waals surface area (Å²) in [5, 5.41) is 0. The van der Waals surface area contributed by atoms with Gasteiger partial charge in [-0.2, -0.15) is 0 Å². The SMILES string of the molecule is Cc1cc(C(=O)Cc2ccc(Br)cn2)c(C)o1. The highest BCUT2D eigenvalue weighted by atomic mass is 79.9. The van der Waals surface area contributed by atoms with Crippen molar-refractivity contribution >= 4 is 21.7 Å². The predicted molar refractivity (Wildman–Crippen MR) is 68.2 cm³/mol. The molecule has 88 valence electrons. The molecule has 0 aliphatic rings. The molecule has 2 heterocycles. The summed E-state index contributed by atoms with van der Waals surface area (Å²) in [5.41, 5.74) is 1.41. The number of pyridine rings is 1. The number of aromatic nitrogens is 1. The Bertz CT molecular complexity index is 543. The van der Waals surface area contributed by atoms with Gasteiger partial charge in [-0.05, 0) is 48.0 Å². The van der Waals surface area contributed by atoms with Crippen LogP contribution < -0.4 is 0 Å². The standard InChI is InChI=1S/C13H12BrNO2/c1-8-5-12(9(2)17-8)13(16)6-11-4-3-10(14)7-15-11/h3-5,7H,6H2,1-2H3. The zero-order chi connectivity index (χ0) is 12.4. The number of Topliss-reactive ketones (excluding diaryl/α,β-unsaturated/α-hetero) is 1. The van der Waals surface area contributed by atoms with Crippen molar-refractivity contribution in [2.45, 2.75) is 20.3 Å². The van der Waals surface area contributed by atoms with E-state index in [1.165, 1.54) is 0 Å². The van der Waals surface area contributed by atoms with Crippen LogP contribution in [0.25, 0.3) is 0 Å². The molecule has 2 rings (SSSR count). The van der Waals surface area contributed by atoms with E-state index in [-0.39, 0.29) is 5.78 Å². The number of hydrogen-bond acceptors (Lipinski definition) is 3. The summed E-state index contributed by atoms with van der Waals surface area (Å²) in [6.45, 7) is 3.64. The largest absolute Gasteiger partial charge is 0.466 e. The third-order valence-corrected chi connectivity index (χ3v) is 2.94. The van der Waals surface area contributed by atoms with E-state index in [1.54, 1.807) is 19.2 Å².